The van der Waals surface area contributed by atoms with Crippen LogP contribution in [0, 0.1) is 0 Å². The Balaban J connectivity index is 1.64. The summed E-state index contributed by atoms with van der Waals surface area (Å²) < 4.78 is 5.10. The maximum atomic E-state index is 12.3. The minimum Gasteiger partial charge on any atom is -0.497 e. The number of hydrogen-bond acceptors (Lipinski definition) is 5. The zero-order valence-corrected chi connectivity index (χ0v) is 11.9. The lowest BCUT2D eigenvalue weighted by Crippen LogP contribution is -2.27. The van der Waals surface area contributed by atoms with Gasteiger partial charge in [-0.1, -0.05) is 12.1 Å². The number of carbonyl (C=O) groups is 1. The summed E-state index contributed by atoms with van der Waals surface area (Å²) in [6.45, 7) is 1.19. The van der Waals surface area contributed by atoms with Gasteiger partial charge in [0.1, 0.15) is 5.75 Å². The molecule has 1 amide bonds. The van der Waals surface area contributed by atoms with Crippen molar-refractivity contribution < 1.29 is 9.53 Å². The van der Waals surface area contributed by atoms with Crippen molar-refractivity contribution in [2.75, 3.05) is 12.8 Å². The Morgan fingerprint density at radius 3 is 2.80 bits per heavy atom. The fourth-order valence-corrected chi connectivity index (χ4v) is 3.12. The summed E-state index contributed by atoms with van der Waals surface area (Å²) >= 11 is 1.47. The molecule has 6 heteroatoms. The second kappa shape index (κ2) is 5.13. The Morgan fingerprint density at radius 1 is 1.40 bits per heavy atom. The van der Waals surface area contributed by atoms with Crippen molar-refractivity contribution in [3.63, 3.8) is 0 Å². The number of carbonyl (C=O) groups excluding carboxylic acids is 1. The van der Waals surface area contributed by atoms with Crippen LogP contribution < -0.4 is 10.5 Å². The lowest BCUT2D eigenvalue weighted by Gasteiger charge is -2.15. The van der Waals surface area contributed by atoms with E-state index in [9.17, 15) is 4.79 Å². The topological polar surface area (TPSA) is 68.5 Å². The first kappa shape index (κ1) is 12.9. The van der Waals surface area contributed by atoms with Gasteiger partial charge in [-0.2, -0.15) is 0 Å². The van der Waals surface area contributed by atoms with Crippen molar-refractivity contribution in [2.24, 2.45) is 0 Å². The van der Waals surface area contributed by atoms with Gasteiger partial charge in [-0.05, 0) is 17.7 Å². The number of methoxy groups -OCH3 is 1. The zero-order chi connectivity index (χ0) is 14.1. The number of amides is 1. The van der Waals surface area contributed by atoms with Gasteiger partial charge in [-0.3, -0.25) is 4.79 Å². The molecule has 0 atom stereocenters. The maximum Gasteiger partial charge on any atom is 0.227 e. The van der Waals surface area contributed by atoms with E-state index in [4.69, 9.17) is 10.5 Å². The molecule has 0 fully saturated rings. The van der Waals surface area contributed by atoms with Crippen molar-refractivity contribution in [3.05, 3.63) is 40.4 Å². The van der Waals surface area contributed by atoms with Crippen molar-refractivity contribution in [1.82, 2.24) is 9.88 Å². The van der Waals surface area contributed by atoms with E-state index < -0.39 is 0 Å². The predicted octanol–water partition coefficient (Wildman–Crippen LogP) is 1.82. The lowest BCUT2D eigenvalue weighted by molar-refractivity contribution is -0.131. The Kier molecular flexibility index (Phi) is 3.31. The quantitative estimate of drug-likeness (QED) is 0.936. The van der Waals surface area contributed by atoms with E-state index in [1.54, 1.807) is 7.11 Å². The van der Waals surface area contributed by atoms with Crippen LogP contribution in [0.5, 0.6) is 5.75 Å². The van der Waals surface area contributed by atoms with E-state index >= 15 is 0 Å². The van der Waals surface area contributed by atoms with Crippen LogP contribution in [0.1, 0.15) is 16.1 Å². The molecule has 0 saturated heterocycles. The van der Waals surface area contributed by atoms with Gasteiger partial charge in [0.25, 0.3) is 0 Å². The molecular weight excluding hydrogens is 274 g/mol. The fourth-order valence-electron chi connectivity index (χ4n) is 2.27. The van der Waals surface area contributed by atoms with Gasteiger partial charge in [0, 0.05) is 0 Å². The standard InChI is InChI=1S/C14H15N3O2S/c1-19-10-4-2-9(3-5-10)6-13(18)17-7-11-12(8-17)20-14(15)16-11/h2-5H,6-8H2,1H3,(H2,15,16). The number of nitrogens with two attached hydrogens (primary N) is 1. The van der Waals surface area contributed by atoms with Gasteiger partial charge in [-0.15, -0.1) is 11.3 Å². The van der Waals surface area contributed by atoms with Gasteiger partial charge in [-0.25, -0.2) is 4.98 Å². The molecule has 0 spiro atoms. The van der Waals surface area contributed by atoms with E-state index in [0.717, 1.165) is 21.9 Å². The van der Waals surface area contributed by atoms with Crippen molar-refractivity contribution in [1.29, 1.82) is 0 Å². The smallest absolute Gasteiger partial charge is 0.227 e. The Labute approximate surface area is 121 Å². The van der Waals surface area contributed by atoms with Gasteiger partial charge >= 0.3 is 0 Å². The highest BCUT2D eigenvalue weighted by atomic mass is 32.1. The number of rotatable bonds is 3. The number of nitrogen functional groups attached to an aromatic ring is 1. The Bertz CT molecular complexity index is 613. The summed E-state index contributed by atoms with van der Waals surface area (Å²) in [5.41, 5.74) is 7.58. The minimum absolute atomic E-state index is 0.110. The summed E-state index contributed by atoms with van der Waals surface area (Å²) in [6, 6.07) is 7.56. The normalized spacial score (nSPS) is 13.3. The number of fused-ring (bicyclic) bond motifs is 1. The molecule has 0 saturated carbocycles. The first-order valence-electron chi connectivity index (χ1n) is 6.30. The van der Waals surface area contributed by atoms with E-state index in [0.29, 0.717) is 24.6 Å². The molecule has 0 radical (unpaired) electrons. The highest BCUT2D eigenvalue weighted by Gasteiger charge is 2.26. The molecule has 0 unspecified atom stereocenters. The molecule has 1 aliphatic heterocycles. The molecule has 0 aliphatic carbocycles. The van der Waals surface area contributed by atoms with Crippen LogP contribution in [-0.4, -0.2) is 22.9 Å². The second-order valence-electron chi connectivity index (χ2n) is 4.70. The molecular formula is C14H15N3O2S. The third kappa shape index (κ3) is 2.46. The molecule has 2 aromatic rings. The van der Waals surface area contributed by atoms with E-state index in [1.807, 2.05) is 29.2 Å². The monoisotopic (exact) mass is 289 g/mol. The molecule has 1 aliphatic rings. The molecule has 5 nitrogen and oxygen atoms in total. The molecule has 3 rings (SSSR count). The van der Waals surface area contributed by atoms with Crippen molar-refractivity contribution >= 4 is 22.4 Å². The van der Waals surface area contributed by atoms with Crippen LogP contribution in [-0.2, 0) is 24.3 Å². The number of nitrogens with zero attached hydrogens (tertiary/aromatic N) is 2. The number of anilines is 1. The lowest BCUT2D eigenvalue weighted by atomic mass is 10.1. The van der Waals surface area contributed by atoms with Crippen LogP contribution >= 0.6 is 11.3 Å². The van der Waals surface area contributed by atoms with E-state index in [2.05, 4.69) is 4.98 Å². The van der Waals surface area contributed by atoms with E-state index in [1.165, 1.54) is 11.3 Å². The van der Waals surface area contributed by atoms with Crippen LogP contribution in [0.4, 0.5) is 5.13 Å². The third-order valence-electron chi connectivity index (χ3n) is 3.34. The summed E-state index contributed by atoms with van der Waals surface area (Å²) in [5, 5.41) is 0.581. The van der Waals surface area contributed by atoms with Gasteiger partial charge < -0.3 is 15.4 Å². The first-order valence-corrected chi connectivity index (χ1v) is 7.12. The summed E-state index contributed by atoms with van der Waals surface area (Å²) in [7, 11) is 1.63. The summed E-state index contributed by atoms with van der Waals surface area (Å²) in [4.78, 5) is 19.4. The highest BCUT2D eigenvalue weighted by molar-refractivity contribution is 7.15. The average molecular weight is 289 g/mol. The summed E-state index contributed by atoms with van der Waals surface area (Å²) in [5.74, 6) is 0.906. The largest absolute Gasteiger partial charge is 0.497 e. The summed E-state index contributed by atoms with van der Waals surface area (Å²) in [6.07, 6.45) is 0.397. The van der Waals surface area contributed by atoms with Crippen LogP contribution in [0.15, 0.2) is 24.3 Å². The Morgan fingerprint density at radius 2 is 2.15 bits per heavy atom. The van der Waals surface area contributed by atoms with Gasteiger partial charge in [0.2, 0.25) is 5.91 Å². The predicted molar refractivity (Wildman–Crippen MR) is 77.5 cm³/mol. The molecule has 104 valence electrons. The van der Waals surface area contributed by atoms with Gasteiger partial charge in [0.15, 0.2) is 5.13 Å². The number of aromatic nitrogens is 1. The number of ether oxygens (including phenoxy) is 1. The first-order chi connectivity index (χ1) is 9.65. The molecule has 1 aromatic carbocycles. The maximum absolute atomic E-state index is 12.3. The third-order valence-corrected chi connectivity index (χ3v) is 4.25. The number of thiazole rings is 1. The molecule has 2 N–H and O–H groups in total. The number of benzene rings is 1. The SMILES string of the molecule is COc1ccc(CC(=O)N2Cc3nc(N)sc3C2)cc1. The highest BCUT2D eigenvalue weighted by Crippen LogP contribution is 2.29. The molecule has 2 heterocycles. The van der Waals surface area contributed by atoms with Crippen LogP contribution in [0.25, 0.3) is 0 Å². The second-order valence-corrected chi connectivity index (χ2v) is 5.81. The zero-order valence-electron chi connectivity index (χ0n) is 11.1. The van der Waals surface area contributed by atoms with Crippen LogP contribution in [0.2, 0.25) is 0 Å². The van der Waals surface area contributed by atoms with E-state index in [-0.39, 0.29) is 5.91 Å². The van der Waals surface area contributed by atoms with Crippen LogP contribution in [0.3, 0.4) is 0 Å². The fraction of sp³-hybridized carbons (Fsp3) is 0.286. The molecule has 20 heavy (non-hydrogen) atoms. The molecule has 0 bridgehead atoms. The average Bonchev–Trinajstić information content (AvgIpc) is 2.96. The Hall–Kier alpha value is -2.08. The number of hydrogen-bond donors (Lipinski definition) is 1. The van der Waals surface area contributed by atoms with Gasteiger partial charge in [0.05, 0.1) is 37.2 Å². The van der Waals surface area contributed by atoms with Crippen molar-refractivity contribution in [3.8, 4) is 5.75 Å². The van der Waals surface area contributed by atoms with Crippen molar-refractivity contribution in [2.45, 2.75) is 19.5 Å². The minimum atomic E-state index is 0.110. The molecule has 1 aromatic heterocycles.